The van der Waals surface area contributed by atoms with Gasteiger partial charge in [-0.1, -0.05) is 25.1 Å². The fourth-order valence-electron chi connectivity index (χ4n) is 3.00. The van der Waals surface area contributed by atoms with E-state index in [1.807, 2.05) is 24.4 Å². The van der Waals surface area contributed by atoms with Crippen LogP contribution in [-0.4, -0.2) is 19.6 Å². The van der Waals surface area contributed by atoms with Crippen LogP contribution in [0.2, 0.25) is 0 Å². The minimum Gasteiger partial charge on any atom is -0.363 e. The van der Waals surface area contributed by atoms with E-state index < -0.39 is 0 Å². The SMILES string of the molecule is CCC(Nc1cc(-c2ccccc2F)nc2ccnn12)c1cccnc1. The number of pyridine rings is 1. The molecule has 1 N–H and O–H groups in total. The van der Waals surface area contributed by atoms with Crippen molar-refractivity contribution in [1.82, 2.24) is 19.6 Å². The first-order valence-corrected chi connectivity index (χ1v) is 8.52. The molecule has 5 nitrogen and oxygen atoms in total. The monoisotopic (exact) mass is 347 g/mol. The van der Waals surface area contributed by atoms with E-state index in [0.717, 1.165) is 17.8 Å². The largest absolute Gasteiger partial charge is 0.363 e. The Morgan fingerprint density at radius 2 is 2.00 bits per heavy atom. The highest BCUT2D eigenvalue weighted by atomic mass is 19.1. The molecule has 0 aliphatic heterocycles. The third kappa shape index (κ3) is 3.01. The molecule has 1 unspecified atom stereocenters. The molecule has 6 heteroatoms. The lowest BCUT2D eigenvalue weighted by Crippen LogP contribution is -2.13. The Morgan fingerprint density at radius 3 is 2.77 bits per heavy atom. The molecular formula is C20H18FN5. The lowest BCUT2D eigenvalue weighted by molar-refractivity contribution is 0.630. The van der Waals surface area contributed by atoms with Crippen LogP contribution in [0.4, 0.5) is 10.2 Å². The van der Waals surface area contributed by atoms with E-state index in [4.69, 9.17) is 0 Å². The Morgan fingerprint density at radius 1 is 1.12 bits per heavy atom. The first-order valence-electron chi connectivity index (χ1n) is 8.52. The zero-order valence-corrected chi connectivity index (χ0v) is 14.3. The highest BCUT2D eigenvalue weighted by Gasteiger charge is 2.15. The highest BCUT2D eigenvalue weighted by molar-refractivity contribution is 5.67. The van der Waals surface area contributed by atoms with E-state index in [0.29, 0.717) is 16.9 Å². The van der Waals surface area contributed by atoms with Gasteiger partial charge in [0.05, 0.1) is 17.9 Å². The van der Waals surface area contributed by atoms with Gasteiger partial charge in [0, 0.05) is 30.1 Å². The number of rotatable bonds is 5. The molecule has 0 fully saturated rings. The highest BCUT2D eigenvalue weighted by Crippen LogP contribution is 2.27. The molecule has 0 bridgehead atoms. The third-order valence-electron chi connectivity index (χ3n) is 4.33. The van der Waals surface area contributed by atoms with Crippen LogP contribution in [0.1, 0.15) is 24.9 Å². The Labute approximate surface area is 150 Å². The molecule has 0 saturated heterocycles. The molecule has 4 aromatic rings. The van der Waals surface area contributed by atoms with Crippen molar-refractivity contribution in [3.05, 3.63) is 78.5 Å². The van der Waals surface area contributed by atoms with Crippen LogP contribution in [-0.2, 0) is 0 Å². The maximum atomic E-state index is 14.2. The van der Waals surface area contributed by atoms with E-state index in [1.54, 1.807) is 41.2 Å². The molecule has 0 radical (unpaired) electrons. The molecule has 130 valence electrons. The average Bonchev–Trinajstić information content (AvgIpc) is 3.16. The number of anilines is 1. The van der Waals surface area contributed by atoms with Gasteiger partial charge in [-0.15, -0.1) is 0 Å². The second-order valence-corrected chi connectivity index (χ2v) is 6.00. The number of nitrogens with zero attached hydrogens (tertiary/aromatic N) is 4. The quantitative estimate of drug-likeness (QED) is 0.578. The number of hydrogen-bond donors (Lipinski definition) is 1. The number of benzene rings is 1. The third-order valence-corrected chi connectivity index (χ3v) is 4.33. The summed E-state index contributed by atoms with van der Waals surface area (Å²) in [6, 6.07) is 14.3. The average molecular weight is 347 g/mol. The molecule has 0 spiro atoms. The van der Waals surface area contributed by atoms with E-state index >= 15 is 0 Å². The lowest BCUT2D eigenvalue weighted by atomic mass is 10.1. The molecule has 3 heterocycles. The van der Waals surface area contributed by atoms with Gasteiger partial charge >= 0.3 is 0 Å². The van der Waals surface area contributed by atoms with Crippen molar-refractivity contribution in [2.75, 3.05) is 5.32 Å². The smallest absolute Gasteiger partial charge is 0.157 e. The van der Waals surface area contributed by atoms with Crippen molar-refractivity contribution in [3.8, 4) is 11.3 Å². The predicted molar refractivity (Wildman–Crippen MR) is 99.3 cm³/mol. The van der Waals surface area contributed by atoms with Crippen molar-refractivity contribution >= 4 is 11.5 Å². The van der Waals surface area contributed by atoms with Gasteiger partial charge in [0.15, 0.2) is 5.65 Å². The van der Waals surface area contributed by atoms with Crippen LogP contribution in [0.25, 0.3) is 16.9 Å². The molecular weight excluding hydrogens is 329 g/mol. The Balaban J connectivity index is 1.79. The number of fused-ring (bicyclic) bond motifs is 1. The van der Waals surface area contributed by atoms with Crippen molar-refractivity contribution in [2.45, 2.75) is 19.4 Å². The number of nitrogens with one attached hydrogen (secondary N) is 1. The van der Waals surface area contributed by atoms with Crippen molar-refractivity contribution in [3.63, 3.8) is 0 Å². The van der Waals surface area contributed by atoms with Crippen LogP contribution in [0.3, 0.4) is 0 Å². The van der Waals surface area contributed by atoms with Crippen LogP contribution in [0.15, 0.2) is 67.1 Å². The van der Waals surface area contributed by atoms with E-state index in [-0.39, 0.29) is 11.9 Å². The van der Waals surface area contributed by atoms with Gasteiger partial charge in [-0.3, -0.25) is 4.98 Å². The van der Waals surface area contributed by atoms with Crippen molar-refractivity contribution in [1.29, 1.82) is 0 Å². The molecule has 3 aromatic heterocycles. The summed E-state index contributed by atoms with van der Waals surface area (Å²) >= 11 is 0. The van der Waals surface area contributed by atoms with Crippen LogP contribution < -0.4 is 5.32 Å². The van der Waals surface area contributed by atoms with Gasteiger partial charge in [0.2, 0.25) is 0 Å². The number of hydrogen-bond acceptors (Lipinski definition) is 4. The van der Waals surface area contributed by atoms with Crippen molar-refractivity contribution in [2.24, 2.45) is 0 Å². The lowest BCUT2D eigenvalue weighted by Gasteiger charge is -2.19. The normalized spacial score (nSPS) is 12.2. The van der Waals surface area contributed by atoms with E-state index in [9.17, 15) is 4.39 Å². The minimum atomic E-state index is -0.297. The first-order chi connectivity index (χ1) is 12.8. The molecule has 1 atom stereocenters. The molecule has 0 aliphatic rings. The van der Waals surface area contributed by atoms with Gasteiger partial charge in [0.25, 0.3) is 0 Å². The summed E-state index contributed by atoms with van der Waals surface area (Å²) < 4.78 is 16.0. The zero-order chi connectivity index (χ0) is 17.9. The number of aromatic nitrogens is 4. The summed E-state index contributed by atoms with van der Waals surface area (Å²) in [5.41, 5.74) is 2.78. The fraction of sp³-hybridized carbons (Fsp3) is 0.150. The molecule has 0 saturated carbocycles. The Kier molecular flexibility index (Phi) is 4.31. The Hall–Kier alpha value is -3.28. The summed E-state index contributed by atoms with van der Waals surface area (Å²) in [4.78, 5) is 8.74. The molecule has 0 aliphatic carbocycles. The van der Waals surface area contributed by atoms with E-state index in [1.165, 1.54) is 6.07 Å². The fourth-order valence-corrected chi connectivity index (χ4v) is 3.00. The minimum absolute atomic E-state index is 0.0620. The van der Waals surface area contributed by atoms with Crippen molar-refractivity contribution < 1.29 is 4.39 Å². The maximum absolute atomic E-state index is 14.2. The summed E-state index contributed by atoms with van der Waals surface area (Å²) in [7, 11) is 0. The first kappa shape index (κ1) is 16.2. The van der Waals surface area contributed by atoms with Gasteiger partial charge in [-0.2, -0.15) is 9.61 Å². The van der Waals surface area contributed by atoms with Gasteiger partial charge in [0.1, 0.15) is 11.6 Å². The molecule has 0 amide bonds. The zero-order valence-electron chi connectivity index (χ0n) is 14.3. The molecule has 4 rings (SSSR count). The maximum Gasteiger partial charge on any atom is 0.157 e. The second kappa shape index (κ2) is 6.92. The van der Waals surface area contributed by atoms with Gasteiger partial charge in [-0.05, 0) is 30.2 Å². The van der Waals surface area contributed by atoms with Crippen LogP contribution in [0, 0.1) is 5.82 Å². The van der Waals surface area contributed by atoms with Gasteiger partial charge in [-0.25, -0.2) is 9.37 Å². The Bertz CT molecular complexity index is 1030. The summed E-state index contributed by atoms with van der Waals surface area (Å²) in [5, 5.41) is 7.84. The standard InChI is InChI=1S/C20H18FN5/c1-2-17(14-6-5-10-22-13-14)24-20-12-18(15-7-3-4-8-16(15)21)25-19-9-11-23-26(19)20/h3-13,17,24H,2H2,1H3. The topological polar surface area (TPSA) is 55.1 Å². The van der Waals surface area contributed by atoms with E-state index in [2.05, 4.69) is 27.3 Å². The molecule has 1 aromatic carbocycles. The van der Waals surface area contributed by atoms with Crippen LogP contribution in [0.5, 0.6) is 0 Å². The predicted octanol–water partition coefficient (Wildman–Crippen LogP) is 4.49. The number of halogens is 1. The van der Waals surface area contributed by atoms with Crippen LogP contribution >= 0.6 is 0 Å². The summed E-state index contributed by atoms with van der Waals surface area (Å²) in [6.07, 6.45) is 6.15. The summed E-state index contributed by atoms with van der Waals surface area (Å²) in [5.74, 6) is 0.461. The van der Waals surface area contributed by atoms with Gasteiger partial charge < -0.3 is 5.32 Å². The second-order valence-electron chi connectivity index (χ2n) is 6.00. The summed E-state index contributed by atoms with van der Waals surface area (Å²) in [6.45, 7) is 2.10. The molecule has 26 heavy (non-hydrogen) atoms.